The van der Waals surface area contributed by atoms with Gasteiger partial charge in [0.1, 0.15) is 11.4 Å². The van der Waals surface area contributed by atoms with Gasteiger partial charge in [-0.1, -0.05) is 10.3 Å². The maximum Gasteiger partial charge on any atom is 0.304 e. The Hall–Kier alpha value is -1.08. The fraction of sp³-hybridized carbons (Fsp3) is 0.700. The molecule has 2 heterocycles. The maximum absolute atomic E-state index is 10.8. The zero-order valence-corrected chi connectivity index (χ0v) is 10.4. The summed E-state index contributed by atoms with van der Waals surface area (Å²) in [6.07, 6.45) is 0.178. The number of thioether (sulfide) groups is 1. The second-order valence-corrected chi connectivity index (χ2v) is 5.24. The number of hydrogen-bond donors (Lipinski definition) is 1. The van der Waals surface area contributed by atoms with Crippen LogP contribution in [0.25, 0.3) is 0 Å². The summed E-state index contributed by atoms with van der Waals surface area (Å²) in [5.41, 5.74) is 1.57. The predicted molar refractivity (Wildman–Crippen MR) is 62.8 cm³/mol. The van der Waals surface area contributed by atoms with Gasteiger partial charge in [0.05, 0.1) is 6.42 Å². The van der Waals surface area contributed by atoms with Crippen LogP contribution in [0.5, 0.6) is 0 Å². The van der Waals surface area contributed by atoms with Crippen LogP contribution in [0.3, 0.4) is 0 Å². The van der Waals surface area contributed by atoms with E-state index in [4.69, 9.17) is 5.11 Å². The number of aromatic nitrogens is 2. The van der Waals surface area contributed by atoms with Gasteiger partial charge in [0.25, 0.3) is 0 Å². The van der Waals surface area contributed by atoms with Crippen molar-refractivity contribution in [3.8, 4) is 0 Å². The van der Waals surface area contributed by atoms with E-state index >= 15 is 0 Å². The molecule has 7 heteroatoms. The van der Waals surface area contributed by atoms with Crippen LogP contribution in [-0.4, -0.2) is 50.4 Å². The van der Waals surface area contributed by atoms with Crippen molar-refractivity contribution in [3.63, 3.8) is 0 Å². The quantitative estimate of drug-likeness (QED) is 0.853. The van der Waals surface area contributed by atoms with Crippen LogP contribution in [0.1, 0.15) is 17.8 Å². The van der Waals surface area contributed by atoms with Gasteiger partial charge in [-0.3, -0.25) is 9.69 Å². The summed E-state index contributed by atoms with van der Waals surface area (Å²) in [6, 6.07) is 0.0716. The molecular formula is C10H15N3O3S. The Balaban J connectivity index is 2.01. The lowest BCUT2D eigenvalue weighted by atomic mass is 10.2. The molecule has 1 fully saturated rings. The molecule has 6 nitrogen and oxygen atoms in total. The van der Waals surface area contributed by atoms with Crippen molar-refractivity contribution < 1.29 is 14.5 Å². The minimum absolute atomic E-state index is 0.0716. The molecule has 0 aromatic carbocycles. The lowest BCUT2D eigenvalue weighted by molar-refractivity contribution is -0.138. The third-order valence-corrected chi connectivity index (χ3v) is 3.95. The molecule has 1 aromatic rings. The SMILES string of the molecule is Cc1nonc1CN1CCSCC1CC(=O)O. The summed E-state index contributed by atoms with van der Waals surface area (Å²) in [4.78, 5) is 12.9. The smallest absolute Gasteiger partial charge is 0.304 e. The largest absolute Gasteiger partial charge is 0.481 e. The van der Waals surface area contributed by atoms with Gasteiger partial charge in [-0.05, 0) is 6.92 Å². The normalized spacial score (nSPS) is 21.6. The third-order valence-electron chi connectivity index (χ3n) is 2.86. The summed E-state index contributed by atoms with van der Waals surface area (Å²) < 4.78 is 4.65. The number of aryl methyl sites for hydroxylation is 1. The van der Waals surface area contributed by atoms with Crippen molar-refractivity contribution in [2.75, 3.05) is 18.1 Å². The molecule has 0 saturated carbocycles. The number of carbonyl (C=O) groups is 1. The highest BCUT2D eigenvalue weighted by Crippen LogP contribution is 2.21. The number of aliphatic carboxylic acids is 1. The number of rotatable bonds is 4. The molecule has 2 rings (SSSR count). The van der Waals surface area contributed by atoms with E-state index < -0.39 is 5.97 Å². The summed E-state index contributed by atoms with van der Waals surface area (Å²) in [5, 5.41) is 16.5. The third kappa shape index (κ3) is 3.19. The van der Waals surface area contributed by atoms with Crippen molar-refractivity contribution >= 4 is 17.7 Å². The molecule has 0 bridgehead atoms. The Kier molecular flexibility index (Phi) is 4.01. The monoisotopic (exact) mass is 257 g/mol. The average Bonchev–Trinajstić information content (AvgIpc) is 2.67. The van der Waals surface area contributed by atoms with E-state index in [0.717, 1.165) is 29.4 Å². The molecule has 0 spiro atoms. The van der Waals surface area contributed by atoms with E-state index in [2.05, 4.69) is 19.8 Å². The van der Waals surface area contributed by atoms with E-state index in [1.165, 1.54) is 0 Å². The van der Waals surface area contributed by atoms with Crippen LogP contribution in [0.4, 0.5) is 0 Å². The molecule has 1 saturated heterocycles. The Morgan fingerprint density at radius 1 is 1.65 bits per heavy atom. The first-order valence-electron chi connectivity index (χ1n) is 5.48. The van der Waals surface area contributed by atoms with Crippen molar-refractivity contribution in [2.24, 2.45) is 0 Å². The van der Waals surface area contributed by atoms with E-state index in [-0.39, 0.29) is 12.5 Å². The van der Waals surface area contributed by atoms with Crippen molar-refractivity contribution in [2.45, 2.75) is 25.9 Å². The second kappa shape index (κ2) is 5.50. The number of carboxylic acid groups (broad SMARTS) is 1. The average molecular weight is 257 g/mol. The first-order valence-corrected chi connectivity index (χ1v) is 6.64. The molecule has 1 aliphatic rings. The molecule has 94 valence electrons. The molecule has 0 radical (unpaired) electrons. The van der Waals surface area contributed by atoms with Crippen LogP contribution >= 0.6 is 11.8 Å². The van der Waals surface area contributed by atoms with Crippen LogP contribution in [0, 0.1) is 6.92 Å². The Labute approximate surface area is 103 Å². The fourth-order valence-electron chi connectivity index (χ4n) is 1.87. The summed E-state index contributed by atoms with van der Waals surface area (Å²) in [6.45, 7) is 3.35. The second-order valence-electron chi connectivity index (χ2n) is 4.09. The highest BCUT2D eigenvalue weighted by Gasteiger charge is 2.26. The predicted octanol–water partition coefficient (Wildman–Crippen LogP) is 0.770. The molecule has 0 aliphatic carbocycles. The molecule has 1 unspecified atom stereocenters. The lowest BCUT2D eigenvalue weighted by Gasteiger charge is -2.33. The molecule has 1 aromatic heterocycles. The van der Waals surface area contributed by atoms with Gasteiger partial charge in [-0.2, -0.15) is 11.8 Å². The Morgan fingerprint density at radius 3 is 3.12 bits per heavy atom. The van der Waals surface area contributed by atoms with Gasteiger partial charge in [0.2, 0.25) is 0 Å². The molecule has 1 N–H and O–H groups in total. The van der Waals surface area contributed by atoms with Crippen molar-refractivity contribution in [1.82, 2.24) is 15.2 Å². The summed E-state index contributed by atoms with van der Waals surface area (Å²) in [5.74, 6) is 1.13. The molecular weight excluding hydrogens is 242 g/mol. The fourth-order valence-corrected chi connectivity index (χ4v) is 3.00. The van der Waals surface area contributed by atoms with Crippen LogP contribution < -0.4 is 0 Å². The van der Waals surface area contributed by atoms with E-state index in [1.807, 2.05) is 6.92 Å². The van der Waals surface area contributed by atoms with E-state index in [0.29, 0.717) is 6.54 Å². The minimum atomic E-state index is -0.752. The highest BCUT2D eigenvalue weighted by molar-refractivity contribution is 7.99. The Morgan fingerprint density at radius 2 is 2.47 bits per heavy atom. The van der Waals surface area contributed by atoms with E-state index in [1.54, 1.807) is 11.8 Å². The molecule has 1 atom stereocenters. The lowest BCUT2D eigenvalue weighted by Crippen LogP contribution is -2.43. The zero-order valence-electron chi connectivity index (χ0n) is 9.63. The van der Waals surface area contributed by atoms with Crippen molar-refractivity contribution in [1.29, 1.82) is 0 Å². The van der Waals surface area contributed by atoms with Gasteiger partial charge >= 0.3 is 5.97 Å². The summed E-state index contributed by atoms with van der Waals surface area (Å²) in [7, 11) is 0. The number of carboxylic acids is 1. The standard InChI is InChI=1S/C10H15N3O3S/c1-7-9(12-16-11-7)5-13-2-3-17-6-8(13)4-10(14)15/h8H,2-6H2,1H3,(H,14,15). The molecule has 0 amide bonds. The van der Waals surface area contributed by atoms with Crippen LogP contribution in [0.15, 0.2) is 4.63 Å². The highest BCUT2D eigenvalue weighted by atomic mass is 32.2. The van der Waals surface area contributed by atoms with E-state index in [9.17, 15) is 4.79 Å². The number of nitrogens with zero attached hydrogens (tertiary/aromatic N) is 3. The topological polar surface area (TPSA) is 79.5 Å². The van der Waals surface area contributed by atoms with Gasteiger partial charge in [-0.15, -0.1) is 0 Å². The van der Waals surface area contributed by atoms with Crippen LogP contribution in [-0.2, 0) is 11.3 Å². The van der Waals surface area contributed by atoms with Gasteiger partial charge < -0.3 is 5.11 Å². The minimum Gasteiger partial charge on any atom is -0.481 e. The number of hydrogen-bond acceptors (Lipinski definition) is 6. The summed E-state index contributed by atoms with van der Waals surface area (Å²) >= 11 is 1.80. The van der Waals surface area contributed by atoms with Crippen molar-refractivity contribution in [3.05, 3.63) is 11.4 Å². The van der Waals surface area contributed by atoms with Gasteiger partial charge in [0.15, 0.2) is 0 Å². The van der Waals surface area contributed by atoms with Gasteiger partial charge in [-0.25, -0.2) is 4.63 Å². The zero-order chi connectivity index (χ0) is 12.3. The molecule has 17 heavy (non-hydrogen) atoms. The Bertz CT molecular complexity index is 396. The van der Waals surface area contributed by atoms with Gasteiger partial charge in [0, 0.05) is 30.6 Å². The van der Waals surface area contributed by atoms with Crippen LogP contribution in [0.2, 0.25) is 0 Å². The molecule has 1 aliphatic heterocycles. The first kappa shape index (κ1) is 12.4. The first-order chi connectivity index (χ1) is 8.16. The maximum atomic E-state index is 10.8.